The van der Waals surface area contributed by atoms with Crippen molar-refractivity contribution in [3.8, 4) is 5.75 Å². The lowest BCUT2D eigenvalue weighted by atomic mass is 10.0. The predicted molar refractivity (Wildman–Crippen MR) is 65.3 cm³/mol. The Kier molecular flexibility index (Phi) is 3.36. The average molecular weight is 234 g/mol. The average Bonchev–Trinajstić information content (AvgIpc) is 3.06. The van der Waals surface area contributed by atoms with Crippen LogP contribution in [0, 0.1) is 18.8 Å². The maximum Gasteiger partial charge on any atom is 0.306 e. The Bertz CT molecular complexity index is 425. The summed E-state index contributed by atoms with van der Waals surface area (Å²) in [6, 6.07) is 6.01. The summed E-state index contributed by atoms with van der Waals surface area (Å²) in [5.41, 5.74) is 2.43. The highest BCUT2D eigenvalue weighted by molar-refractivity contribution is 5.73. The Morgan fingerprint density at radius 2 is 2.29 bits per heavy atom. The van der Waals surface area contributed by atoms with Crippen molar-refractivity contribution in [1.82, 2.24) is 0 Å². The molecule has 0 spiro atoms. The van der Waals surface area contributed by atoms with Crippen LogP contribution in [0.2, 0.25) is 0 Å². The van der Waals surface area contributed by atoms with Crippen molar-refractivity contribution in [1.29, 1.82) is 0 Å². The van der Waals surface area contributed by atoms with Crippen LogP contribution in [0.1, 0.15) is 24.0 Å². The zero-order chi connectivity index (χ0) is 12.4. The molecule has 0 heterocycles. The number of hydrogen-bond acceptors (Lipinski definition) is 2. The number of carboxylic acid groups (broad SMARTS) is 1. The fourth-order valence-electron chi connectivity index (χ4n) is 2.39. The van der Waals surface area contributed by atoms with E-state index in [-0.39, 0.29) is 5.92 Å². The minimum Gasteiger partial charge on any atom is -0.496 e. The molecular weight excluding hydrogens is 216 g/mol. The molecule has 2 atom stereocenters. The standard InChI is InChI=1S/C14H18O3/c1-9-4-3-5-13(17-2)11(9)7-6-10-8-12(10)14(15)16/h3-5,10,12H,6-8H2,1-2H3,(H,15,16). The van der Waals surface area contributed by atoms with Crippen LogP contribution in [0.4, 0.5) is 0 Å². The van der Waals surface area contributed by atoms with Crippen LogP contribution >= 0.6 is 0 Å². The molecule has 1 aliphatic carbocycles. The van der Waals surface area contributed by atoms with E-state index in [2.05, 4.69) is 13.0 Å². The number of carbonyl (C=O) groups is 1. The van der Waals surface area contributed by atoms with Crippen LogP contribution in [0.5, 0.6) is 5.75 Å². The highest BCUT2D eigenvalue weighted by atomic mass is 16.5. The lowest BCUT2D eigenvalue weighted by molar-refractivity contribution is -0.138. The van der Waals surface area contributed by atoms with E-state index < -0.39 is 5.97 Å². The zero-order valence-electron chi connectivity index (χ0n) is 10.3. The van der Waals surface area contributed by atoms with E-state index in [1.54, 1.807) is 7.11 Å². The highest BCUT2D eigenvalue weighted by Crippen LogP contribution is 2.42. The van der Waals surface area contributed by atoms with Gasteiger partial charge in [0.2, 0.25) is 0 Å². The Labute approximate surface area is 101 Å². The van der Waals surface area contributed by atoms with Gasteiger partial charge in [-0.25, -0.2) is 0 Å². The largest absolute Gasteiger partial charge is 0.496 e. The monoisotopic (exact) mass is 234 g/mol. The maximum absolute atomic E-state index is 10.7. The predicted octanol–water partition coefficient (Wildman–Crippen LogP) is 2.66. The number of ether oxygens (including phenoxy) is 1. The normalized spacial score (nSPS) is 22.2. The molecule has 3 heteroatoms. The third kappa shape index (κ3) is 2.60. The van der Waals surface area contributed by atoms with Crippen molar-refractivity contribution >= 4 is 5.97 Å². The van der Waals surface area contributed by atoms with Gasteiger partial charge in [0.05, 0.1) is 13.0 Å². The molecular formula is C14H18O3. The number of aliphatic carboxylic acids is 1. The van der Waals surface area contributed by atoms with Crippen molar-refractivity contribution in [2.45, 2.75) is 26.2 Å². The topological polar surface area (TPSA) is 46.5 Å². The van der Waals surface area contributed by atoms with Gasteiger partial charge >= 0.3 is 5.97 Å². The summed E-state index contributed by atoms with van der Waals surface area (Å²) < 4.78 is 5.34. The molecule has 1 saturated carbocycles. The summed E-state index contributed by atoms with van der Waals surface area (Å²) >= 11 is 0. The first-order valence-electron chi connectivity index (χ1n) is 5.98. The summed E-state index contributed by atoms with van der Waals surface area (Å²) in [4.78, 5) is 10.7. The van der Waals surface area contributed by atoms with Crippen molar-refractivity contribution < 1.29 is 14.6 Å². The second-order valence-corrected chi connectivity index (χ2v) is 4.73. The fraction of sp³-hybridized carbons (Fsp3) is 0.500. The zero-order valence-corrected chi connectivity index (χ0v) is 10.3. The molecule has 1 aromatic carbocycles. The van der Waals surface area contributed by atoms with E-state index in [9.17, 15) is 4.79 Å². The quantitative estimate of drug-likeness (QED) is 0.852. The van der Waals surface area contributed by atoms with Gasteiger partial charge in [0, 0.05) is 0 Å². The van der Waals surface area contributed by atoms with Gasteiger partial charge in [-0.2, -0.15) is 0 Å². The van der Waals surface area contributed by atoms with Crippen molar-refractivity contribution in [2.75, 3.05) is 7.11 Å². The molecule has 92 valence electrons. The molecule has 2 rings (SSSR count). The molecule has 0 amide bonds. The SMILES string of the molecule is COc1cccc(C)c1CCC1CC1C(=O)O. The molecule has 0 aromatic heterocycles. The Hall–Kier alpha value is -1.51. The molecule has 0 bridgehead atoms. The second-order valence-electron chi connectivity index (χ2n) is 4.73. The summed E-state index contributed by atoms with van der Waals surface area (Å²) in [6.45, 7) is 2.07. The van der Waals surface area contributed by atoms with Crippen LogP contribution < -0.4 is 4.74 Å². The lowest BCUT2D eigenvalue weighted by Gasteiger charge is -2.11. The highest BCUT2D eigenvalue weighted by Gasteiger charge is 2.42. The first kappa shape index (κ1) is 12.0. The van der Waals surface area contributed by atoms with Gasteiger partial charge in [0.15, 0.2) is 0 Å². The molecule has 0 saturated heterocycles. The van der Waals surface area contributed by atoms with E-state index in [4.69, 9.17) is 9.84 Å². The van der Waals surface area contributed by atoms with Gasteiger partial charge in [0.25, 0.3) is 0 Å². The first-order valence-corrected chi connectivity index (χ1v) is 5.98. The van der Waals surface area contributed by atoms with Crippen LogP contribution in [-0.2, 0) is 11.2 Å². The Balaban J connectivity index is 1.98. The summed E-state index contributed by atoms with van der Waals surface area (Å²) in [5.74, 6) is 0.520. The third-order valence-corrected chi connectivity index (χ3v) is 3.59. The minimum atomic E-state index is -0.647. The number of hydrogen-bond donors (Lipinski definition) is 1. The van der Waals surface area contributed by atoms with E-state index in [1.165, 1.54) is 11.1 Å². The third-order valence-electron chi connectivity index (χ3n) is 3.59. The molecule has 0 radical (unpaired) electrons. The van der Waals surface area contributed by atoms with Gasteiger partial charge in [-0.15, -0.1) is 0 Å². The van der Waals surface area contributed by atoms with Gasteiger partial charge < -0.3 is 9.84 Å². The van der Waals surface area contributed by atoms with Crippen LogP contribution in [0.15, 0.2) is 18.2 Å². The van der Waals surface area contributed by atoms with Crippen LogP contribution in [0.3, 0.4) is 0 Å². The van der Waals surface area contributed by atoms with Gasteiger partial charge in [-0.1, -0.05) is 12.1 Å². The first-order chi connectivity index (χ1) is 8.13. The fourth-order valence-corrected chi connectivity index (χ4v) is 2.39. The van der Waals surface area contributed by atoms with Crippen molar-refractivity contribution in [3.63, 3.8) is 0 Å². The smallest absolute Gasteiger partial charge is 0.306 e. The van der Waals surface area contributed by atoms with E-state index in [0.717, 1.165) is 25.0 Å². The molecule has 2 unspecified atom stereocenters. The molecule has 1 N–H and O–H groups in total. The van der Waals surface area contributed by atoms with E-state index >= 15 is 0 Å². The second kappa shape index (κ2) is 4.78. The van der Waals surface area contributed by atoms with Crippen molar-refractivity contribution in [3.05, 3.63) is 29.3 Å². The Morgan fingerprint density at radius 1 is 1.53 bits per heavy atom. The summed E-state index contributed by atoms with van der Waals surface area (Å²) in [7, 11) is 1.68. The number of benzene rings is 1. The maximum atomic E-state index is 10.7. The number of methoxy groups -OCH3 is 1. The van der Waals surface area contributed by atoms with E-state index in [1.807, 2.05) is 12.1 Å². The van der Waals surface area contributed by atoms with E-state index in [0.29, 0.717) is 5.92 Å². The number of rotatable bonds is 5. The molecule has 0 aliphatic heterocycles. The lowest BCUT2D eigenvalue weighted by Crippen LogP contribution is -2.01. The molecule has 1 aromatic rings. The minimum absolute atomic E-state index is 0.106. The van der Waals surface area contributed by atoms with Crippen LogP contribution in [0.25, 0.3) is 0 Å². The number of aryl methyl sites for hydroxylation is 1. The summed E-state index contributed by atoms with van der Waals surface area (Å²) in [5, 5.41) is 8.85. The Morgan fingerprint density at radius 3 is 2.88 bits per heavy atom. The molecule has 1 aliphatic rings. The van der Waals surface area contributed by atoms with Gasteiger partial charge in [0.1, 0.15) is 5.75 Å². The number of carboxylic acids is 1. The molecule has 3 nitrogen and oxygen atoms in total. The van der Waals surface area contributed by atoms with Crippen molar-refractivity contribution in [2.24, 2.45) is 11.8 Å². The van der Waals surface area contributed by atoms with Gasteiger partial charge in [-0.05, 0) is 49.3 Å². The van der Waals surface area contributed by atoms with Gasteiger partial charge in [-0.3, -0.25) is 4.79 Å². The summed E-state index contributed by atoms with van der Waals surface area (Å²) in [6.07, 6.45) is 2.69. The molecule has 1 fully saturated rings. The molecule has 17 heavy (non-hydrogen) atoms. The van der Waals surface area contributed by atoms with Crippen LogP contribution in [-0.4, -0.2) is 18.2 Å².